The fourth-order valence-corrected chi connectivity index (χ4v) is 9.53. The van der Waals surface area contributed by atoms with Gasteiger partial charge in [-0.1, -0.05) is 64.1 Å². The van der Waals surface area contributed by atoms with Crippen LogP contribution in [0.15, 0.2) is 72.0 Å². The number of likely N-dealkylation sites (tertiary alicyclic amines) is 2. The minimum absolute atomic E-state index is 0.00274. The number of hydrogen-bond donors (Lipinski definition) is 3. The number of H-pyrrole nitrogens is 1. The first-order valence-electron chi connectivity index (χ1n) is 21.4. The van der Waals surface area contributed by atoms with E-state index < -0.39 is 18.2 Å². The van der Waals surface area contributed by atoms with Crippen molar-refractivity contribution in [1.29, 1.82) is 0 Å². The molecule has 2 unspecified atom stereocenters. The van der Waals surface area contributed by atoms with Crippen LogP contribution in [0.5, 0.6) is 0 Å². The van der Waals surface area contributed by atoms with E-state index in [1.54, 1.807) is 6.20 Å². The number of aromatic amines is 1. The van der Waals surface area contributed by atoms with Crippen molar-refractivity contribution in [1.82, 2.24) is 35.4 Å². The van der Waals surface area contributed by atoms with Crippen LogP contribution in [0, 0.1) is 11.8 Å². The first kappa shape index (κ1) is 42.6. The number of aromatic nitrogens is 3. The predicted molar refractivity (Wildman–Crippen MR) is 235 cm³/mol. The Balaban J connectivity index is 1.01. The lowest BCUT2D eigenvalue weighted by Crippen LogP contribution is -2.57. The predicted octanol–water partition coefficient (Wildman–Crippen LogP) is 8.53. The summed E-state index contributed by atoms with van der Waals surface area (Å²) in [4.78, 5) is 60.6. The highest BCUT2D eigenvalue weighted by Crippen LogP contribution is 2.38. The third kappa shape index (κ3) is 8.68. The first-order chi connectivity index (χ1) is 28.8. The van der Waals surface area contributed by atoms with Gasteiger partial charge in [0.05, 0.1) is 43.4 Å². The van der Waals surface area contributed by atoms with Crippen molar-refractivity contribution >= 4 is 40.3 Å². The second kappa shape index (κ2) is 18.0. The van der Waals surface area contributed by atoms with Crippen molar-refractivity contribution in [3.8, 4) is 22.5 Å². The standard InChI is InChI=1S/C47H60N8O5/c1-26(2)42(52-46(57)59-8)30(7)54-28(5)10-20-40(54)38-23-35(24-48-38)32-14-12-31(13-15-32)33-16-18-36-34(22-33)17-19-37(50-36)39-25-49-44(51-39)41-21-11-29(6)55(41)45(56)43(27(3)4)53-47(58)60-9/h12-19,22,24-30,40-43H,10-11,20-21,23H2,1-9H3,(H,49,51)(H,52,57)(H,53,58)/t28-,29-,30?,40?,41-,42-,43-/m0/s1. The lowest BCUT2D eigenvalue weighted by atomic mass is 9.93. The van der Waals surface area contributed by atoms with Gasteiger partial charge < -0.3 is 30.0 Å². The van der Waals surface area contributed by atoms with Gasteiger partial charge in [-0.25, -0.2) is 19.6 Å². The summed E-state index contributed by atoms with van der Waals surface area (Å²) < 4.78 is 9.75. The average molecular weight is 817 g/mol. The number of ether oxygens (including phenoxy) is 2. The molecular formula is C47H60N8O5. The maximum atomic E-state index is 13.8. The minimum atomic E-state index is -0.705. The van der Waals surface area contributed by atoms with Gasteiger partial charge in [0.2, 0.25) is 5.91 Å². The van der Waals surface area contributed by atoms with E-state index in [4.69, 9.17) is 24.4 Å². The molecule has 5 heterocycles. The number of aliphatic imine (C=N–C) groups is 1. The highest BCUT2D eigenvalue weighted by Gasteiger charge is 2.43. The second-order valence-corrected chi connectivity index (χ2v) is 17.4. The van der Waals surface area contributed by atoms with Crippen LogP contribution in [0.3, 0.4) is 0 Å². The van der Waals surface area contributed by atoms with E-state index in [1.165, 1.54) is 31.1 Å². The molecule has 7 rings (SSSR count). The third-order valence-electron chi connectivity index (χ3n) is 12.8. The van der Waals surface area contributed by atoms with Gasteiger partial charge >= 0.3 is 12.2 Å². The number of benzene rings is 2. The van der Waals surface area contributed by atoms with Crippen molar-refractivity contribution in [3.05, 3.63) is 78.4 Å². The summed E-state index contributed by atoms with van der Waals surface area (Å²) in [7, 11) is 2.71. The number of nitrogens with one attached hydrogen (secondary N) is 3. The van der Waals surface area contributed by atoms with Gasteiger partial charge in [0.25, 0.3) is 0 Å². The molecule has 3 N–H and O–H groups in total. The van der Waals surface area contributed by atoms with Gasteiger partial charge in [-0.15, -0.1) is 0 Å². The molecule has 13 nitrogen and oxygen atoms in total. The highest BCUT2D eigenvalue weighted by molar-refractivity contribution is 6.02. The Morgan fingerprint density at radius 1 is 0.783 bits per heavy atom. The molecule has 60 heavy (non-hydrogen) atoms. The summed E-state index contributed by atoms with van der Waals surface area (Å²) in [5.41, 5.74) is 8.21. The Morgan fingerprint density at radius 2 is 1.45 bits per heavy atom. The molecule has 2 fully saturated rings. The number of carbonyl (C=O) groups excluding carboxylic acids is 3. The van der Waals surface area contributed by atoms with Crippen molar-refractivity contribution in [2.45, 2.75) is 123 Å². The summed E-state index contributed by atoms with van der Waals surface area (Å²) in [6, 6.07) is 18.9. The van der Waals surface area contributed by atoms with Crippen LogP contribution >= 0.6 is 0 Å². The number of amides is 3. The molecule has 2 aromatic heterocycles. The zero-order chi connectivity index (χ0) is 42.8. The van der Waals surface area contributed by atoms with Crippen molar-refractivity contribution in [3.63, 3.8) is 0 Å². The number of hydrogen-bond acceptors (Lipinski definition) is 9. The molecule has 7 atom stereocenters. The Bertz CT molecular complexity index is 2260. The third-order valence-corrected chi connectivity index (χ3v) is 12.8. The van der Waals surface area contributed by atoms with Gasteiger partial charge in [-0.05, 0) is 98.8 Å². The maximum absolute atomic E-state index is 13.8. The molecule has 318 valence electrons. The van der Waals surface area contributed by atoms with Crippen LogP contribution < -0.4 is 10.6 Å². The number of alkyl carbamates (subject to hydrolysis) is 2. The molecule has 0 radical (unpaired) electrons. The summed E-state index contributed by atoms with van der Waals surface area (Å²) in [5, 5.41) is 6.84. The SMILES string of the molecule is COC(=O)N[C@@H](C(C)C)C(C)N1C(C2=NC=C(c3ccc(-c4ccc5nc(-c6cnc([C@@H]7CC[C@H](C)N7C(=O)[C@@H](NC(=O)OC)C(C)C)[nH]6)ccc5c4)cc3)C2)CC[C@@H]1C. The number of fused-ring (bicyclic) bond motifs is 1. The van der Waals surface area contributed by atoms with Crippen LogP contribution in [-0.4, -0.2) is 99.0 Å². The van der Waals surface area contributed by atoms with Crippen LogP contribution in [0.4, 0.5) is 9.59 Å². The van der Waals surface area contributed by atoms with Gasteiger partial charge in [-0.2, -0.15) is 0 Å². The number of pyridine rings is 1. The van der Waals surface area contributed by atoms with Gasteiger partial charge in [0, 0.05) is 53.9 Å². The normalized spacial score (nSPS) is 22.1. The van der Waals surface area contributed by atoms with E-state index in [0.29, 0.717) is 11.9 Å². The van der Waals surface area contributed by atoms with Gasteiger partial charge in [0.1, 0.15) is 11.9 Å². The Morgan fingerprint density at radius 3 is 2.15 bits per heavy atom. The molecule has 3 aliphatic rings. The van der Waals surface area contributed by atoms with E-state index in [9.17, 15) is 14.4 Å². The fraction of sp³-hybridized carbons (Fsp3) is 0.489. The molecule has 4 aromatic rings. The summed E-state index contributed by atoms with van der Waals surface area (Å²) in [6.45, 7) is 14.6. The van der Waals surface area contributed by atoms with Crippen LogP contribution in [0.2, 0.25) is 0 Å². The molecule has 0 aliphatic carbocycles. The Hall–Kier alpha value is -5.56. The highest BCUT2D eigenvalue weighted by atomic mass is 16.5. The van der Waals surface area contributed by atoms with Crippen LogP contribution in [0.1, 0.15) is 98.0 Å². The largest absolute Gasteiger partial charge is 0.453 e. The maximum Gasteiger partial charge on any atom is 0.407 e. The molecule has 0 saturated carbocycles. The molecule has 0 bridgehead atoms. The lowest BCUT2D eigenvalue weighted by molar-refractivity contribution is -0.137. The smallest absolute Gasteiger partial charge is 0.407 e. The number of rotatable bonds is 12. The molecular weight excluding hydrogens is 757 g/mol. The lowest BCUT2D eigenvalue weighted by Gasteiger charge is -2.40. The number of allylic oxidation sites excluding steroid dienone is 1. The number of carbonyl (C=O) groups is 3. The summed E-state index contributed by atoms with van der Waals surface area (Å²) >= 11 is 0. The average Bonchev–Trinajstić information content (AvgIpc) is 4.08. The zero-order valence-corrected chi connectivity index (χ0v) is 36.4. The molecule has 2 aromatic carbocycles. The van der Waals surface area contributed by atoms with E-state index in [-0.39, 0.29) is 48.0 Å². The molecule has 2 saturated heterocycles. The first-order valence-corrected chi connectivity index (χ1v) is 21.4. The molecule has 13 heteroatoms. The summed E-state index contributed by atoms with van der Waals surface area (Å²) in [5.74, 6) is 0.694. The molecule has 3 amide bonds. The number of imidazole rings is 1. The second-order valence-electron chi connectivity index (χ2n) is 17.4. The topological polar surface area (TPSA) is 154 Å². The Labute approximate surface area is 353 Å². The van der Waals surface area contributed by atoms with Crippen LogP contribution in [-0.2, 0) is 14.3 Å². The quantitative estimate of drug-likeness (QED) is 0.129. The number of nitrogens with zero attached hydrogens (tertiary/aromatic N) is 5. The Kier molecular flexibility index (Phi) is 12.7. The van der Waals surface area contributed by atoms with Crippen molar-refractivity contribution in [2.75, 3.05) is 14.2 Å². The van der Waals surface area contributed by atoms with E-state index in [2.05, 4.69) is 96.7 Å². The summed E-state index contributed by atoms with van der Waals surface area (Å²) in [6.07, 6.45) is 7.34. The van der Waals surface area contributed by atoms with E-state index in [1.807, 2.05) is 37.9 Å². The van der Waals surface area contributed by atoms with Gasteiger partial charge in [-0.3, -0.25) is 14.7 Å². The van der Waals surface area contributed by atoms with Crippen LogP contribution in [0.25, 0.3) is 39.0 Å². The van der Waals surface area contributed by atoms with E-state index in [0.717, 1.165) is 65.5 Å². The van der Waals surface area contributed by atoms with Crippen molar-refractivity contribution < 1.29 is 23.9 Å². The monoisotopic (exact) mass is 816 g/mol. The number of methoxy groups -OCH3 is 2. The zero-order valence-electron chi connectivity index (χ0n) is 36.4. The fourth-order valence-electron chi connectivity index (χ4n) is 9.53. The minimum Gasteiger partial charge on any atom is -0.453 e. The van der Waals surface area contributed by atoms with Gasteiger partial charge in [0.15, 0.2) is 0 Å². The molecule has 3 aliphatic heterocycles. The molecule has 0 spiro atoms. The van der Waals surface area contributed by atoms with E-state index >= 15 is 0 Å². The van der Waals surface area contributed by atoms with Crippen molar-refractivity contribution in [2.24, 2.45) is 16.8 Å².